The molecule has 6 nitrogen and oxygen atoms in total. The highest BCUT2D eigenvalue weighted by Crippen LogP contribution is 2.23. The number of anilines is 1. The molecule has 0 fully saturated rings. The Morgan fingerprint density at radius 3 is 2.76 bits per heavy atom. The van der Waals surface area contributed by atoms with Gasteiger partial charge in [0.25, 0.3) is 0 Å². The van der Waals surface area contributed by atoms with Gasteiger partial charge in [0.1, 0.15) is 5.82 Å². The van der Waals surface area contributed by atoms with Gasteiger partial charge < -0.3 is 5.32 Å². The van der Waals surface area contributed by atoms with Crippen LogP contribution in [-0.4, -0.2) is 31.3 Å². The molecule has 0 aliphatic rings. The van der Waals surface area contributed by atoms with Gasteiger partial charge in [0.15, 0.2) is 5.82 Å². The summed E-state index contributed by atoms with van der Waals surface area (Å²) in [5, 5.41) is 9.67. The van der Waals surface area contributed by atoms with Crippen LogP contribution >= 0.6 is 11.8 Å². The maximum Gasteiger partial charge on any atom is 0.237 e. The largest absolute Gasteiger partial charge is 0.325 e. The standard InChI is InChI=1S/C17H16FN5OS/c1-10-3-4-13(9-14(10)18)20-16(24)11(2)25-17-21-15(22-23-17)12-5-7-19-8-6-12/h3-9,11H,1-2H3,(H,20,24)(H,21,22,23)/t11-/m1/s1. The number of halogens is 1. The number of hydrogen-bond acceptors (Lipinski definition) is 5. The predicted molar refractivity (Wildman–Crippen MR) is 94.7 cm³/mol. The summed E-state index contributed by atoms with van der Waals surface area (Å²) in [6.45, 7) is 3.41. The van der Waals surface area contributed by atoms with Gasteiger partial charge in [0.2, 0.25) is 11.1 Å². The van der Waals surface area contributed by atoms with E-state index in [1.54, 1.807) is 38.4 Å². The first kappa shape index (κ1) is 17.1. The Labute approximate surface area is 148 Å². The number of rotatable bonds is 5. The molecule has 0 radical (unpaired) electrons. The van der Waals surface area contributed by atoms with Gasteiger partial charge in [-0.1, -0.05) is 17.8 Å². The topological polar surface area (TPSA) is 83.6 Å². The second-order valence-electron chi connectivity index (χ2n) is 5.42. The molecule has 128 valence electrons. The Kier molecular flexibility index (Phi) is 5.08. The quantitative estimate of drug-likeness (QED) is 0.684. The predicted octanol–water partition coefficient (Wildman–Crippen LogP) is 3.43. The average molecular weight is 357 g/mol. The molecule has 0 spiro atoms. The van der Waals surface area contributed by atoms with E-state index in [4.69, 9.17) is 0 Å². The lowest BCUT2D eigenvalue weighted by Gasteiger charge is -2.10. The lowest BCUT2D eigenvalue weighted by atomic mass is 10.2. The van der Waals surface area contributed by atoms with Gasteiger partial charge in [0.05, 0.1) is 5.25 Å². The fourth-order valence-corrected chi connectivity index (χ4v) is 2.79. The molecule has 0 aliphatic heterocycles. The van der Waals surface area contributed by atoms with E-state index in [2.05, 4.69) is 25.5 Å². The maximum atomic E-state index is 13.6. The average Bonchev–Trinajstić information content (AvgIpc) is 3.07. The highest BCUT2D eigenvalue weighted by atomic mass is 32.2. The lowest BCUT2D eigenvalue weighted by Crippen LogP contribution is -2.22. The number of thioether (sulfide) groups is 1. The van der Waals surface area contributed by atoms with Crippen LogP contribution in [0.2, 0.25) is 0 Å². The summed E-state index contributed by atoms with van der Waals surface area (Å²) in [6, 6.07) is 8.23. The third-order valence-corrected chi connectivity index (χ3v) is 4.47. The van der Waals surface area contributed by atoms with Crippen LogP contribution in [0, 0.1) is 12.7 Å². The number of nitrogens with one attached hydrogen (secondary N) is 2. The van der Waals surface area contributed by atoms with Crippen LogP contribution in [0.3, 0.4) is 0 Å². The van der Waals surface area contributed by atoms with Gasteiger partial charge in [-0.15, -0.1) is 5.10 Å². The molecule has 2 heterocycles. The van der Waals surface area contributed by atoms with Crippen molar-refractivity contribution < 1.29 is 9.18 Å². The summed E-state index contributed by atoms with van der Waals surface area (Å²) in [5.74, 6) is 0.00990. The number of aryl methyl sites for hydroxylation is 1. The van der Waals surface area contributed by atoms with Gasteiger partial charge in [-0.3, -0.25) is 14.9 Å². The molecule has 1 amide bonds. The van der Waals surface area contributed by atoms with Crippen molar-refractivity contribution in [2.45, 2.75) is 24.3 Å². The van der Waals surface area contributed by atoms with Crippen LogP contribution < -0.4 is 5.32 Å². The van der Waals surface area contributed by atoms with Crippen molar-refractivity contribution in [1.82, 2.24) is 20.2 Å². The normalized spacial score (nSPS) is 12.0. The van der Waals surface area contributed by atoms with E-state index < -0.39 is 5.25 Å². The Morgan fingerprint density at radius 1 is 1.28 bits per heavy atom. The number of aromatic amines is 1. The summed E-state index contributed by atoms with van der Waals surface area (Å²) in [6.07, 6.45) is 3.34. The molecule has 2 N–H and O–H groups in total. The zero-order valence-electron chi connectivity index (χ0n) is 13.7. The molecule has 2 aromatic heterocycles. The second kappa shape index (κ2) is 7.43. The maximum absolute atomic E-state index is 13.6. The van der Waals surface area contributed by atoms with Crippen molar-refractivity contribution >= 4 is 23.4 Å². The summed E-state index contributed by atoms with van der Waals surface area (Å²) >= 11 is 1.22. The summed E-state index contributed by atoms with van der Waals surface area (Å²) < 4.78 is 13.6. The monoisotopic (exact) mass is 357 g/mol. The molecule has 8 heteroatoms. The number of amides is 1. The van der Waals surface area contributed by atoms with E-state index in [9.17, 15) is 9.18 Å². The van der Waals surface area contributed by atoms with Crippen molar-refractivity contribution in [1.29, 1.82) is 0 Å². The Morgan fingerprint density at radius 2 is 2.04 bits per heavy atom. The van der Waals surface area contributed by atoms with E-state index in [0.29, 0.717) is 22.2 Å². The zero-order chi connectivity index (χ0) is 17.8. The number of H-pyrrole nitrogens is 1. The first-order valence-corrected chi connectivity index (χ1v) is 8.47. The minimum Gasteiger partial charge on any atom is -0.325 e. The van der Waals surface area contributed by atoms with Crippen LogP contribution in [-0.2, 0) is 4.79 Å². The van der Waals surface area contributed by atoms with Crippen LogP contribution in [0.4, 0.5) is 10.1 Å². The SMILES string of the molecule is Cc1ccc(NC(=O)[C@@H](C)Sc2n[nH]c(-c3ccncc3)n2)cc1F. The zero-order valence-corrected chi connectivity index (χ0v) is 14.5. The Bertz CT molecular complexity index is 884. The number of nitrogens with zero attached hydrogens (tertiary/aromatic N) is 3. The minimum atomic E-state index is -0.439. The summed E-state index contributed by atoms with van der Waals surface area (Å²) in [5.41, 5.74) is 1.82. The molecular weight excluding hydrogens is 341 g/mol. The molecule has 0 saturated heterocycles. The number of hydrogen-bond donors (Lipinski definition) is 2. The summed E-state index contributed by atoms with van der Waals surface area (Å²) in [7, 11) is 0. The minimum absolute atomic E-state index is 0.247. The van der Waals surface area contributed by atoms with E-state index >= 15 is 0 Å². The molecule has 1 aromatic carbocycles. The van der Waals surface area contributed by atoms with Gasteiger partial charge in [0, 0.05) is 23.6 Å². The highest BCUT2D eigenvalue weighted by molar-refractivity contribution is 8.00. The Balaban J connectivity index is 1.63. The van der Waals surface area contributed by atoms with Crippen LogP contribution in [0.1, 0.15) is 12.5 Å². The van der Waals surface area contributed by atoms with Crippen molar-refractivity contribution in [2.24, 2.45) is 0 Å². The lowest BCUT2D eigenvalue weighted by molar-refractivity contribution is -0.115. The van der Waals surface area contributed by atoms with Crippen LogP contribution in [0.25, 0.3) is 11.4 Å². The van der Waals surface area contributed by atoms with Crippen molar-refractivity contribution in [3.05, 3.63) is 54.1 Å². The number of aromatic nitrogens is 4. The van der Waals surface area contributed by atoms with Crippen molar-refractivity contribution in [2.75, 3.05) is 5.32 Å². The molecule has 0 unspecified atom stereocenters. The van der Waals surface area contributed by atoms with Gasteiger partial charge >= 0.3 is 0 Å². The second-order valence-corrected chi connectivity index (χ2v) is 6.72. The smallest absolute Gasteiger partial charge is 0.237 e. The molecule has 0 saturated carbocycles. The van der Waals surface area contributed by atoms with Crippen LogP contribution in [0.5, 0.6) is 0 Å². The van der Waals surface area contributed by atoms with E-state index in [1.165, 1.54) is 17.8 Å². The molecule has 3 rings (SSSR count). The van der Waals surface area contributed by atoms with E-state index in [1.807, 2.05) is 12.1 Å². The first-order valence-electron chi connectivity index (χ1n) is 7.59. The third-order valence-electron chi connectivity index (χ3n) is 3.51. The Hall–Kier alpha value is -2.74. The number of carbonyl (C=O) groups excluding carboxylic acids is 1. The summed E-state index contributed by atoms with van der Waals surface area (Å²) in [4.78, 5) is 20.6. The third kappa shape index (κ3) is 4.21. The van der Waals surface area contributed by atoms with E-state index in [-0.39, 0.29) is 11.7 Å². The fourth-order valence-electron chi connectivity index (χ4n) is 2.06. The molecule has 0 aliphatic carbocycles. The van der Waals surface area contributed by atoms with E-state index in [0.717, 1.165) is 5.56 Å². The molecule has 25 heavy (non-hydrogen) atoms. The molecule has 1 atom stereocenters. The van der Waals surface area contributed by atoms with Gasteiger partial charge in [-0.2, -0.15) is 0 Å². The van der Waals surface area contributed by atoms with Crippen molar-refractivity contribution in [3.8, 4) is 11.4 Å². The number of pyridine rings is 1. The highest BCUT2D eigenvalue weighted by Gasteiger charge is 2.18. The van der Waals surface area contributed by atoms with Gasteiger partial charge in [-0.25, -0.2) is 9.37 Å². The molecular formula is C17H16FN5OS. The van der Waals surface area contributed by atoms with Crippen molar-refractivity contribution in [3.63, 3.8) is 0 Å². The first-order chi connectivity index (χ1) is 12.0. The molecule has 3 aromatic rings. The molecule has 0 bridgehead atoms. The number of benzene rings is 1. The fraction of sp³-hybridized carbons (Fsp3) is 0.176. The number of carbonyl (C=O) groups is 1. The van der Waals surface area contributed by atoms with Crippen LogP contribution in [0.15, 0.2) is 47.9 Å². The van der Waals surface area contributed by atoms with Gasteiger partial charge in [-0.05, 0) is 43.7 Å².